The minimum atomic E-state index is -0.508. The van der Waals surface area contributed by atoms with E-state index < -0.39 is 12.1 Å². The number of para-hydroxylation sites is 1. The van der Waals surface area contributed by atoms with E-state index in [9.17, 15) is 9.59 Å². The van der Waals surface area contributed by atoms with Crippen LogP contribution in [-0.2, 0) is 9.53 Å². The number of likely N-dealkylation sites (tertiary alicyclic amines) is 1. The molecule has 0 saturated carbocycles. The molecule has 0 radical (unpaired) electrons. The second kappa shape index (κ2) is 7.54. The molecule has 1 N–H and O–H groups in total. The van der Waals surface area contributed by atoms with E-state index in [0.29, 0.717) is 25.3 Å². The number of hydrogen-bond acceptors (Lipinski definition) is 4. The molecule has 28 heavy (non-hydrogen) atoms. The summed E-state index contributed by atoms with van der Waals surface area (Å²) in [5, 5.41) is 4.98. The highest BCUT2D eigenvalue weighted by atomic mass is 16.6. The molecule has 0 bridgehead atoms. The number of hydrogen-bond donors (Lipinski definition) is 1. The maximum Gasteiger partial charge on any atom is 0.410 e. The Bertz CT molecular complexity index is 1020. The number of furan rings is 1. The molecule has 1 fully saturated rings. The fourth-order valence-corrected chi connectivity index (χ4v) is 3.61. The van der Waals surface area contributed by atoms with E-state index in [1.165, 1.54) is 4.90 Å². The van der Waals surface area contributed by atoms with Gasteiger partial charge in [-0.05, 0) is 37.0 Å². The average molecular weight is 380 g/mol. The first-order chi connectivity index (χ1) is 13.5. The number of carbonyl (C=O) groups is 2. The molecular formula is C22H24N2O4. The quantitative estimate of drug-likeness (QED) is 0.707. The summed E-state index contributed by atoms with van der Waals surface area (Å²) >= 11 is 0. The Morgan fingerprint density at radius 2 is 1.96 bits per heavy atom. The third-order valence-electron chi connectivity index (χ3n) is 4.98. The molecule has 0 unspecified atom stereocenters. The summed E-state index contributed by atoms with van der Waals surface area (Å²) < 4.78 is 11.2. The third kappa shape index (κ3) is 3.54. The van der Waals surface area contributed by atoms with E-state index >= 15 is 0 Å². The molecule has 6 nitrogen and oxygen atoms in total. The largest absolute Gasteiger partial charge is 0.456 e. The lowest BCUT2D eigenvalue weighted by Crippen LogP contribution is -2.43. The summed E-state index contributed by atoms with van der Waals surface area (Å²) in [5.41, 5.74) is 2.19. The van der Waals surface area contributed by atoms with Gasteiger partial charge in [-0.25, -0.2) is 4.79 Å². The molecule has 1 atom stereocenters. The van der Waals surface area contributed by atoms with E-state index in [-0.39, 0.29) is 11.8 Å². The van der Waals surface area contributed by atoms with Crippen molar-refractivity contribution in [3.8, 4) is 0 Å². The van der Waals surface area contributed by atoms with Crippen molar-refractivity contribution in [1.82, 2.24) is 4.90 Å². The molecule has 0 spiro atoms. The lowest BCUT2D eigenvalue weighted by molar-refractivity contribution is -0.120. The molecule has 6 heteroatoms. The van der Waals surface area contributed by atoms with Crippen molar-refractivity contribution in [3.05, 3.63) is 42.5 Å². The monoisotopic (exact) mass is 380 g/mol. The first kappa shape index (κ1) is 18.3. The molecule has 1 aliphatic rings. The van der Waals surface area contributed by atoms with Gasteiger partial charge in [0.05, 0.1) is 6.61 Å². The molecular weight excluding hydrogens is 356 g/mol. The second-order valence-electron chi connectivity index (χ2n) is 7.62. The van der Waals surface area contributed by atoms with Gasteiger partial charge in [-0.15, -0.1) is 0 Å². The number of benzene rings is 2. The van der Waals surface area contributed by atoms with Gasteiger partial charge in [-0.3, -0.25) is 9.69 Å². The average Bonchev–Trinajstić information content (AvgIpc) is 3.30. The Morgan fingerprint density at radius 3 is 2.79 bits per heavy atom. The molecule has 1 aliphatic heterocycles. The highest BCUT2D eigenvalue weighted by Crippen LogP contribution is 2.30. The van der Waals surface area contributed by atoms with Crippen molar-refractivity contribution >= 4 is 39.6 Å². The number of amides is 2. The van der Waals surface area contributed by atoms with E-state index in [0.717, 1.165) is 28.4 Å². The predicted molar refractivity (Wildman–Crippen MR) is 108 cm³/mol. The van der Waals surface area contributed by atoms with Crippen LogP contribution >= 0.6 is 0 Å². The molecule has 2 aromatic carbocycles. The van der Waals surface area contributed by atoms with Crippen LogP contribution < -0.4 is 5.32 Å². The summed E-state index contributed by atoms with van der Waals surface area (Å²) in [6.45, 7) is 4.86. The highest BCUT2D eigenvalue weighted by Gasteiger charge is 2.35. The van der Waals surface area contributed by atoms with Gasteiger partial charge < -0.3 is 14.5 Å². The Hall–Kier alpha value is -3.02. The van der Waals surface area contributed by atoms with Crippen LogP contribution in [0.3, 0.4) is 0 Å². The second-order valence-corrected chi connectivity index (χ2v) is 7.62. The van der Waals surface area contributed by atoms with Crippen LogP contribution in [0.4, 0.5) is 10.5 Å². The SMILES string of the molecule is CC(C)COC(=O)N1CCC[C@@H]1C(=O)Nc1ccc2c(c1)oc1ccccc12. The number of ether oxygens (including phenoxy) is 1. The van der Waals surface area contributed by atoms with Gasteiger partial charge in [0.1, 0.15) is 17.2 Å². The molecule has 1 aromatic heterocycles. The molecule has 2 heterocycles. The van der Waals surface area contributed by atoms with Crippen LogP contribution in [0.2, 0.25) is 0 Å². The summed E-state index contributed by atoms with van der Waals surface area (Å²) in [5.74, 6) is 0.0591. The molecule has 0 aliphatic carbocycles. The van der Waals surface area contributed by atoms with Crippen molar-refractivity contribution in [1.29, 1.82) is 0 Å². The van der Waals surface area contributed by atoms with E-state index in [4.69, 9.17) is 9.15 Å². The third-order valence-corrected chi connectivity index (χ3v) is 4.98. The number of nitrogens with zero attached hydrogens (tertiary/aromatic N) is 1. The van der Waals surface area contributed by atoms with Gasteiger partial charge >= 0.3 is 6.09 Å². The topological polar surface area (TPSA) is 71.8 Å². The van der Waals surface area contributed by atoms with Gasteiger partial charge in [0.2, 0.25) is 5.91 Å². The molecule has 2 amide bonds. The zero-order chi connectivity index (χ0) is 19.7. The Morgan fingerprint density at radius 1 is 1.18 bits per heavy atom. The summed E-state index contributed by atoms with van der Waals surface area (Å²) in [6.07, 6.45) is 1.01. The van der Waals surface area contributed by atoms with Crippen LogP contribution in [0.5, 0.6) is 0 Å². The van der Waals surface area contributed by atoms with Gasteiger partial charge in [0.25, 0.3) is 0 Å². The summed E-state index contributed by atoms with van der Waals surface area (Å²) in [7, 11) is 0. The lowest BCUT2D eigenvalue weighted by Gasteiger charge is -2.23. The molecule has 4 rings (SSSR count). The van der Waals surface area contributed by atoms with Crippen LogP contribution in [-0.4, -0.2) is 36.1 Å². The number of fused-ring (bicyclic) bond motifs is 3. The molecule has 3 aromatic rings. The van der Waals surface area contributed by atoms with Crippen molar-refractivity contribution in [2.24, 2.45) is 5.92 Å². The van der Waals surface area contributed by atoms with Crippen LogP contribution in [0, 0.1) is 5.92 Å². The highest BCUT2D eigenvalue weighted by molar-refractivity contribution is 6.06. The first-order valence-corrected chi connectivity index (χ1v) is 9.68. The number of rotatable bonds is 4. The minimum absolute atomic E-state index is 0.200. The number of nitrogens with one attached hydrogen (secondary N) is 1. The van der Waals surface area contributed by atoms with Crippen molar-refractivity contribution < 1.29 is 18.7 Å². The number of anilines is 1. The van der Waals surface area contributed by atoms with Gasteiger partial charge in [0, 0.05) is 29.1 Å². The predicted octanol–water partition coefficient (Wildman–Crippen LogP) is 4.78. The van der Waals surface area contributed by atoms with Gasteiger partial charge in [0.15, 0.2) is 0 Å². The normalized spacial score (nSPS) is 16.8. The summed E-state index contributed by atoms with van der Waals surface area (Å²) in [6, 6.07) is 13.0. The van der Waals surface area contributed by atoms with Crippen LogP contribution in [0.15, 0.2) is 46.9 Å². The maximum absolute atomic E-state index is 12.8. The zero-order valence-electron chi connectivity index (χ0n) is 16.1. The fourth-order valence-electron chi connectivity index (χ4n) is 3.61. The van der Waals surface area contributed by atoms with Gasteiger partial charge in [-0.1, -0.05) is 32.0 Å². The van der Waals surface area contributed by atoms with Crippen molar-refractivity contribution in [2.45, 2.75) is 32.7 Å². The zero-order valence-corrected chi connectivity index (χ0v) is 16.1. The van der Waals surface area contributed by atoms with Crippen molar-refractivity contribution in [3.63, 3.8) is 0 Å². The fraction of sp³-hybridized carbons (Fsp3) is 0.364. The number of carbonyl (C=O) groups excluding carboxylic acids is 2. The van der Waals surface area contributed by atoms with Crippen LogP contribution in [0.25, 0.3) is 21.9 Å². The first-order valence-electron chi connectivity index (χ1n) is 9.68. The molecule has 1 saturated heterocycles. The van der Waals surface area contributed by atoms with E-state index in [1.807, 2.05) is 56.3 Å². The lowest BCUT2D eigenvalue weighted by atomic mass is 10.1. The molecule has 146 valence electrons. The van der Waals surface area contributed by atoms with E-state index in [1.54, 1.807) is 0 Å². The summed E-state index contributed by atoms with van der Waals surface area (Å²) in [4.78, 5) is 26.6. The van der Waals surface area contributed by atoms with Crippen molar-refractivity contribution in [2.75, 3.05) is 18.5 Å². The van der Waals surface area contributed by atoms with Crippen LogP contribution in [0.1, 0.15) is 26.7 Å². The standard InChI is InChI=1S/C22H24N2O4/c1-14(2)13-27-22(26)24-11-5-7-18(24)21(25)23-15-9-10-17-16-6-3-4-8-19(16)28-20(17)12-15/h3-4,6,8-10,12,14,18H,5,7,11,13H2,1-2H3,(H,23,25)/t18-/m1/s1. The smallest absolute Gasteiger partial charge is 0.410 e. The maximum atomic E-state index is 12.8. The Balaban J connectivity index is 1.49. The van der Waals surface area contributed by atoms with E-state index in [2.05, 4.69) is 5.32 Å². The van der Waals surface area contributed by atoms with Gasteiger partial charge in [-0.2, -0.15) is 0 Å². The minimum Gasteiger partial charge on any atom is -0.456 e. The Labute approximate surface area is 163 Å². The Kier molecular flexibility index (Phi) is 4.94.